The second-order valence-corrected chi connectivity index (χ2v) is 27.3. The maximum absolute atomic E-state index is 2.79. The van der Waals surface area contributed by atoms with E-state index in [1.807, 2.05) is 0 Å². The predicted molar refractivity (Wildman–Crippen MR) is 391 cm³/mol. The van der Waals surface area contributed by atoms with Crippen LogP contribution in [0.4, 0.5) is 34.1 Å². The van der Waals surface area contributed by atoms with Crippen molar-refractivity contribution in [1.82, 2.24) is 9.13 Å². The number of para-hydroxylation sites is 6. The smallest absolute Gasteiger partial charge is 0.252 e. The van der Waals surface area contributed by atoms with Crippen LogP contribution < -0.4 is 26.2 Å². The lowest BCUT2D eigenvalue weighted by molar-refractivity contribution is -0.00514. The second kappa shape index (κ2) is 20.6. The fourth-order valence-electron chi connectivity index (χ4n) is 18.9. The van der Waals surface area contributed by atoms with Gasteiger partial charge in [-0.25, -0.2) is 0 Å². The number of nitrogens with zero attached hydrogens (tertiary/aromatic N) is 4. The molecule has 4 heterocycles. The van der Waals surface area contributed by atoms with E-state index in [2.05, 4.69) is 322 Å². The number of fused-ring (bicyclic) bond motifs is 10. The highest BCUT2D eigenvalue weighted by molar-refractivity contribution is 7.00. The molecule has 4 nitrogen and oxygen atoms in total. The summed E-state index contributed by atoms with van der Waals surface area (Å²) in [5.74, 6) is 2.21. The zero-order valence-corrected chi connectivity index (χ0v) is 51.7. The summed E-state index contributed by atoms with van der Waals surface area (Å²) in [6.45, 7) is -0.162. The highest BCUT2D eigenvalue weighted by Crippen LogP contribution is 2.63. The Morgan fingerprint density at radius 2 is 0.602 bits per heavy atom. The van der Waals surface area contributed by atoms with Gasteiger partial charge in [-0.05, 0) is 167 Å². The lowest BCUT2D eigenvalue weighted by atomic mass is 9.33. The Hall–Kier alpha value is -10.9. The standard InChI is InChI=1S/C88H65BN4/c1-5-23-60(24-6-1)67-35-21-36-68(61-25-7-2-8-26-61)86(67)92-81-52-65(90-77-39-17-13-31-71(77)72-32-14-18-40-78(72)90)43-45-75(81)89-76-46-44-66(91-79-41-19-15-33-73(79)74-34-16-20-42-80(74)91)53-82(76)93(87-69(62-27-9-3-10-28-62)37-22-38-70(87)63-29-11-4-12-30-63)84-51-64(50-83(92)85(84)89)88-54-57-47-58(55-88)49-59(48-57)56-88/h1-46,50-53,57-59H,47-49,54-56H2. The zero-order chi connectivity index (χ0) is 60.9. The fraction of sp³-hybridized carbons (Fsp3) is 0.114. The van der Waals surface area contributed by atoms with Crippen LogP contribution in [0.3, 0.4) is 0 Å². The first-order chi connectivity index (χ1) is 46.1. The predicted octanol–water partition coefficient (Wildman–Crippen LogP) is 21.1. The molecule has 4 saturated carbocycles. The van der Waals surface area contributed by atoms with Crippen LogP contribution in [0, 0.1) is 17.8 Å². The molecule has 0 radical (unpaired) electrons. The molecule has 0 N–H and O–H groups in total. The summed E-state index contributed by atoms with van der Waals surface area (Å²) in [4.78, 5) is 5.57. The summed E-state index contributed by atoms with van der Waals surface area (Å²) in [6.07, 6.45) is 7.79. The van der Waals surface area contributed by atoms with Gasteiger partial charge in [0.25, 0.3) is 6.71 Å². The number of hydrogen-bond acceptors (Lipinski definition) is 2. The SMILES string of the molecule is c1ccc(-c2cccc(-c3ccccc3)c2N2c3cc(-n4c5ccccc5c5ccccc54)ccc3B3c4ccc(-n5c6ccccc6c6ccccc65)cc4N(c4c(-c5ccccc5)cccc4-c4ccccc4)c4cc(C56CC7CC(CC(C7)C5)C6)cc2c43)cc1. The third kappa shape index (κ3) is 7.99. The highest BCUT2D eigenvalue weighted by Gasteiger charge is 2.53. The quantitative estimate of drug-likeness (QED) is 0.134. The van der Waals surface area contributed by atoms with Crippen LogP contribution in [0.5, 0.6) is 0 Å². The van der Waals surface area contributed by atoms with Gasteiger partial charge in [-0.1, -0.05) is 243 Å². The van der Waals surface area contributed by atoms with Gasteiger partial charge in [0, 0.05) is 77.9 Å². The van der Waals surface area contributed by atoms with Crippen molar-refractivity contribution in [2.24, 2.45) is 17.8 Å². The monoisotopic (exact) mass is 1190 g/mol. The molecule has 4 fully saturated rings. The van der Waals surface area contributed by atoms with Crippen LogP contribution in [0.25, 0.3) is 99.5 Å². The van der Waals surface area contributed by atoms with E-state index in [9.17, 15) is 0 Å². The van der Waals surface area contributed by atoms with Gasteiger partial charge in [0.1, 0.15) is 0 Å². The van der Waals surface area contributed by atoms with Crippen LogP contribution in [0.1, 0.15) is 44.1 Å². The topological polar surface area (TPSA) is 16.3 Å². The molecule has 4 aliphatic carbocycles. The van der Waals surface area contributed by atoms with Gasteiger partial charge < -0.3 is 18.9 Å². The molecule has 0 amide bonds. The second-order valence-electron chi connectivity index (χ2n) is 27.3. The average Bonchev–Trinajstić information content (AvgIpc) is 1.11. The van der Waals surface area contributed by atoms with E-state index in [1.165, 1.54) is 183 Å². The molecule has 13 aromatic carbocycles. The third-order valence-electron chi connectivity index (χ3n) is 22.2. The Morgan fingerprint density at radius 1 is 0.290 bits per heavy atom. The summed E-state index contributed by atoms with van der Waals surface area (Å²) in [6, 6.07) is 115. The van der Waals surface area contributed by atoms with Crippen LogP contribution in [0.2, 0.25) is 0 Å². The average molecular weight is 1190 g/mol. The Bertz CT molecular complexity index is 4940. The van der Waals surface area contributed by atoms with Crippen molar-refractivity contribution in [3.05, 3.63) is 309 Å². The van der Waals surface area contributed by atoms with E-state index in [0.29, 0.717) is 0 Å². The lowest BCUT2D eigenvalue weighted by Crippen LogP contribution is -2.61. The third-order valence-corrected chi connectivity index (χ3v) is 22.2. The molecule has 0 spiro atoms. The maximum Gasteiger partial charge on any atom is 0.252 e. The molecule has 21 rings (SSSR count). The lowest BCUT2D eigenvalue weighted by Gasteiger charge is -2.57. The van der Waals surface area contributed by atoms with Crippen molar-refractivity contribution in [2.75, 3.05) is 9.80 Å². The van der Waals surface area contributed by atoms with Gasteiger partial charge in [-0.3, -0.25) is 0 Å². The van der Waals surface area contributed by atoms with Crippen molar-refractivity contribution in [3.8, 4) is 55.9 Å². The molecule has 0 unspecified atom stereocenters. The first-order valence-electron chi connectivity index (χ1n) is 33.6. The molecule has 6 aliphatic rings. The van der Waals surface area contributed by atoms with E-state index in [-0.39, 0.29) is 12.1 Å². The number of benzene rings is 13. The minimum atomic E-state index is -0.162. The van der Waals surface area contributed by atoms with Crippen LogP contribution in [-0.2, 0) is 5.41 Å². The molecule has 0 saturated heterocycles. The Morgan fingerprint density at radius 3 is 0.935 bits per heavy atom. The summed E-state index contributed by atoms with van der Waals surface area (Å²) >= 11 is 0. The highest BCUT2D eigenvalue weighted by atomic mass is 15.2. The molecule has 0 atom stereocenters. The molecule has 5 heteroatoms. The van der Waals surface area contributed by atoms with E-state index in [0.717, 1.165) is 29.1 Å². The van der Waals surface area contributed by atoms with Crippen molar-refractivity contribution < 1.29 is 0 Å². The molecule has 4 bridgehead atoms. The van der Waals surface area contributed by atoms with Crippen molar-refractivity contribution >= 4 is 101 Å². The molecule has 15 aromatic rings. The van der Waals surface area contributed by atoms with Crippen molar-refractivity contribution in [1.29, 1.82) is 0 Å². The Kier molecular flexibility index (Phi) is 11.7. The van der Waals surface area contributed by atoms with Crippen molar-refractivity contribution in [2.45, 2.75) is 43.9 Å². The largest absolute Gasteiger partial charge is 0.310 e. The molecule has 2 aliphatic heterocycles. The number of hydrogen-bond donors (Lipinski definition) is 0. The molecule has 93 heavy (non-hydrogen) atoms. The molecular formula is C88H65BN4. The van der Waals surface area contributed by atoms with E-state index in [1.54, 1.807) is 0 Å². The van der Waals surface area contributed by atoms with Crippen LogP contribution >= 0.6 is 0 Å². The van der Waals surface area contributed by atoms with Gasteiger partial charge in [0.15, 0.2) is 0 Å². The zero-order valence-electron chi connectivity index (χ0n) is 51.7. The van der Waals surface area contributed by atoms with E-state index in [4.69, 9.17) is 0 Å². The fourth-order valence-corrected chi connectivity index (χ4v) is 18.9. The van der Waals surface area contributed by atoms with Crippen LogP contribution in [0.15, 0.2) is 303 Å². The van der Waals surface area contributed by atoms with Gasteiger partial charge in [0.05, 0.1) is 33.4 Å². The Balaban J connectivity index is 0.965. The summed E-state index contributed by atoms with van der Waals surface area (Å²) in [5, 5.41) is 5.02. The summed E-state index contributed by atoms with van der Waals surface area (Å²) in [7, 11) is 0. The van der Waals surface area contributed by atoms with Gasteiger partial charge >= 0.3 is 0 Å². The molecule has 440 valence electrons. The van der Waals surface area contributed by atoms with Crippen molar-refractivity contribution in [3.63, 3.8) is 0 Å². The van der Waals surface area contributed by atoms with E-state index >= 15 is 0 Å². The summed E-state index contributed by atoms with van der Waals surface area (Å²) < 4.78 is 5.05. The Labute approximate surface area is 543 Å². The van der Waals surface area contributed by atoms with E-state index < -0.39 is 0 Å². The first-order valence-corrected chi connectivity index (χ1v) is 33.6. The molecule has 2 aromatic heterocycles. The number of aromatic nitrogens is 2. The maximum atomic E-state index is 2.79. The minimum absolute atomic E-state index is 0.0196. The van der Waals surface area contributed by atoms with Gasteiger partial charge in [-0.2, -0.15) is 0 Å². The van der Waals surface area contributed by atoms with Crippen LogP contribution in [-0.4, -0.2) is 15.8 Å². The summed E-state index contributed by atoms with van der Waals surface area (Å²) in [5.41, 5.74) is 29.3. The van der Waals surface area contributed by atoms with Gasteiger partial charge in [0.2, 0.25) is 0 Å². The first kappa shape index (κ1) is 52.9. The minimum Gasteiger partial charge on any atom is -0.310 e. The normalized spacial score (nSPS) is 18.4. The molecular weight excluding hydrogens is 1120 g/mol. The number of anilines is 6. The number of rotatable bonds is 9. The van der Waals surface area contributed by atoms with Gasteiger partial charge in [-0.15, -0.1) is 0 Å².